The van der Waals surface area contributed by atoms with E-state index in [4.69, 9.17) is 22.2 Å². The SMILES string of the molecule is CC(C)N(C(C)C)[Si]([SiH3])(Cl)Cl. The molecule has 0 aromatic rings. The van der Waals surface area contributed by atoms with Crippen LogP contribution in [0.1, 0.15) is 27.7 Å². The summed E-state index contributed by atoms with van der Waals surface area (Å²) in [6.45, 7) is 8.57. The van der Waals surface area contributed by atoms with Gasteiger partial charge in [-0.05, 0) is 12.1 Å². The predicted molar refractivity (Wildman–Crippen MR) is 59.5 cm³/mol. The third-order valence-corrected chi connectivity index (χ3v) is 6.23. The Morgan fingerprint density at radius 1 is 1.09 bits per heavy atom. The van der Waals surface area contributed by atoms with Crippen molar-refractivity contribution in [2.75, 3.05) is 0 Å². The van der Waals surface area contributed by atoms with E-state index in [1.165, 1.54) is 0 Å². The van der Waals surface area contributed by atoms with E-state index in [0.29, 0.717) is 12.1 Å². The average molecular weight is 230 g/mol. The molecule has 0 amide bonds. The maximum atomic E-state index is 6.18. The molecule has 0 atom stereocenters. The fourth-order valence-electron chi connectivity index (χ4n) is 1.50. The molecular weight excluding hydrogens is 213 g/mol. The zero-order valence-corrected chi connectivity index (χ0v) is 12.4. The van der Waals surface area contributed by atoms with E-state index >= 15 is 0 Å². The van der Waals surface area contributed by atoms with Crippen molar-refractivity contribution in [2.45, 2.75) is 39.8 Å². The number of nitrogens with zero attached hydrogens (tertiary/aromatic N) is 1. The van der Waals surface area contributed by atoms with Crippen LogP contribution in [-0.2, 0) is 0 Å². The van der Waals surface area contributed by atoms with Gasteiger partial charge in [-0.25, -0.2) is 0 Å². The molecule has 11 heavy (non-hydrogen) atoms. The molecular formula is C6H17Cl2NSi2. The molecule has 0 bridgehead atoms. The van der Waals surface area contributed by atoms with Gasteiger partial charge in [-0.2, -0.15) is 0 Å². The summed E-state index contributed by atoms with van der Waals surface area (Å²) in [6.07, 6.45) is -2.00. The summed E-state index contributed by atoms with van der Waals surface area (Å²) in [7, 11) is 0.903. The van der Waals surface area contributed by atoms with E-state index in [-0.39, 0.29) is 0 Å². The Balaban J connectivity index is 4.35. The Labute approximate surface area is 82.8 Å². The van der Waals surface area contributed by atoms with Gasteiger partial charge in [0.25, 0.3) is 6.37 Å². The number of hydrogen-bond acceptors (Lipinski definition) is 1. The molecule has 1 nitrogen and oxygen atoms in total. The van der Waals surface area contributed by atoms with Gasteiger partial charge < -0.3 is 0 Å². The average Bonchev–Trinajstić information content (AvgIpc) is 1.54. The fraction of sp³-hybridized carbons (Fsp3) is 1.00. The Hall–Kier alpha value is 0.974. The molecule has 0 saturated carbocycles. The third-order valence-electron chi connectivity index (χ3n) is 1.57. The highest BCUT2D eigenvalue weighted by atomic mass is 35.7. The second kappa shape index (κ2) is 4.28. The molecule has 0 rings (SSSR count). The first-order valence-corrected chi connectivity index (χ1v) is 11.4. The maximum absolute atomic E-state index is 6.18. The van der Waals surface area contributed by atoms with Crippen LogP contribution in [0.3, 0.4) is 0 Å². The molecule has 0 unspecified atom stereocenters. The first-order chi connectivity index (χ1) is 4.76. The van der Waals surface area contributed by atoms with Crippen LogP contribution < -0.4 is 0 Å². The summed E-state index contributed by atoms with van der Waals surface area (Å²) in [6, 6.07) is 0.934. The van der Waals surface area contributed by atoms with Crippen molar-refractivity contribution in [3.63, 3.8) is 0 Å². The zero-order chi connectivity index (χ0) is 9.23. The maximum Gasteiger partial charge on any atom is 0.296 e. The van der Waals surface area contributed by atoms with Crippen molar-refractivity contribution in [2.24, 2.45) is 0 Å². The first kappa shape index (κ1) is 12.0. The largest absolute Gasteiger partial charge is 0.299 e. The number of halogens is 2. The van der Waals surface area contributed by atoms with Crippen LogP contribution in [0.4, 0.5) is 0 Å². The van der Waals surface area contributed by atoms with Gasteiger partial charge in [-0.15, -0.1) is 22.2 Å². The predicted octanol–water partition coefficient (Wildman–Crippen LogP) is 1.38. The molecule has 0 aliphatic carbocycles. The van der Waals surface area contributed by atoms with Gasteiger partial charge in [0.15, 0.2) is 0 Å². The molecule has 0 heterocycles. The van der Waals surface area contributed by atoms with Gasteiger partial charge in [0.05, 0.1) is 9.76 Å². The van der Waals surface area contributed by atoms with E-state index in [0.717, 1.165) is 9.76 Å². The monoisotopic (exact) mass is 229 g/mol. The first-order valence-electron chi connectivity index (χ1n) is 3.93. The highest BCUT2D eigenvalue weighted by molar-refractivity contribution is 7.62. The van der Waals surface area contributed by atoms with Gasteiger partial charge in [-0.3, -0.25) is 4.57 Å². The minimum absolute atomic E-state index is 0.467. The summed E-state index contributed by atoms with van der Waals surface area (Å²) >= 11 is 12.4. The molecule has 68 valence electrons. The lowest BCUT2D eigenvalue weighted by atomic mass is 10.3. The van der Waals surface area contributed by atoms with Crippen molar-refractivity contribution < 1.29 is 0 Å². The molecule has 0 aromatic carbocycles. The summed E-state index contributed by atoms with van der Waals surface area (Å²) in [5.41, 5.74) is 0. The second-order valence-electron chi connectivity index (χ2n) is 3.44. The van der Waals surface area contributed by atoms with E-state index < -0.39 is 6.37 Å². The lowest BCUT2D eigenvalue weighted by Crippen LogP contribution is -2.53. The van der Waals surface area contributed by atoms with Crippen LogP contribution in [0.25, 0.3) is 0 Å². The summed E-state index contributed by atoms with van der Waals surface area (Å²) in [5, 5.41) is 0. The zero-order valence-electron chi connectivity index (χ0n) is 7.86. The minimum atomic E-state index is -2.00. The van der Waals surface area contributed by atoms with Crippen LogP contribution in [0.5, 0.6) is 0 Å². The molecule has 0 N–H and O–H groups in total. The van der Waals surface area contributed by atoms with Crippen molar-refractivity contribution in [1.82, 2.24) is 4.57 Å². The summed E-state index contributed by atoms with van der Waals surface area (Å²) in [4.78, 5) is 0. The lowest BCUT2D eigenvalue weighted by molar-refractivity contribution is 0.311. The Morgan fingerprint density at radius 2 is 1.36 bits per heavy atom. The molecule has 5 heteroatoms. The minimum Gasteiger partial charge on any atom is -0.299 e. The van der Waals surface area contributed by atoms with Crippen LogP contribution in [0, 0.1) is 0 Å². The number of hydrogen-bond donors (Lipinski definition) is 0. The summed E-state index contributed by atoms with van der Waals surface area (Å²) in [5.74, 6) is 0. The van der Waals surface area contributed by atoms with E-state index in [2.05, 4.69) is 32.3 Å². The van der Waals surface area contributed by atoms with Crippen molar-refractivity contribution in [3.8, 4) is 0 Å². The van der Waals surface area contributed by atoms with Gasteiger partial charge in [0.2, 0.25) is 0 Å². The molecule has 0 fully saturated rings. The standard InChI is InChI=1S/C6H17Cl2NSi2/c1-5(2)9(6(3)4)11(7,8)10/h5-6H,1-4,10H3. The van der Waals surface area contributed by atoms with E-state index in [1.807, 2.05) is 0 Å². The van der Waals surface area contributed by atoms with E-state index in [1.54, 1.807) is 0 Å². The van der Waals surface area contributed by atoms with Crippen molar-refractivity contribution >= 4 is 38.3 Å². The fourth-order valence-corrected chi connectivity index (χ4v) is 8.76. The molecule has 0 aromatic heterocycles. The van der Waals surface area contributed by atoms with Gasteiger partial charge >= 0.3 is 0 Å². The lowest BCUT2D eigenvalue weighted by Gasteiger charge is -2.37. The molecule has 0 radical (unpaired) electrons. The van der Waals surface area contributed by atoms with Gasteiger partial charge in [0.1, 0.15) is 0 Å². The Morgan fingerprint density at radius 3 is 1.36 bits per heavy atom. The van der Waals surface area contributed by atoms with Gasteiger partial charge in [-0.1, -0.05) is 27.7 Å². The molecule has 0 aliphatic heterocycles. The van der Waals surface area contributed by atoms with Crippen LogP contribution in [0.2, 0.25) is 0 Å². The highest BCUT2D eigenvalue weighted by Gasteiger charge is 2.33. The molecule has 0 saturated heterocycles. The normalized spacial score (nSPS) is 13.9. The van der Waals surface area contributed by atoms with Gasteiger partial charge in [0, 0.05) is 0 Å². The van der Waals surface area contributed by atoms with Crippen LogP contribution in [-0.4, -0.2) is 32.8 Å². The second-order valence-corrected chi connectivity index (χ2v) is 18.8. The smallest absolute Gasteiger partial charge is 0.296 e. The quantitative estimate of drug-likeness (QED) is 0.523. The van der Waals surface area contributed by atoms with Crippen molar-refractivity contribution in [3.05, 3.63) is 0 Å². The Bertz CT molecular complexity index is 114. The van der Waals surface area contributed by atoms with Crippen LogP contribution in [0.15, 0.2) is 0 Å². The summed E-state index contributed by atoms with van der Waals surface area (Å²) < 4.78 is 2.25. The topological polar surface area (TPSA) is 3.24 Å². The number of rotatable bonds is 3. The van der Waals surface area contributed by atoms with E-state index in [9.17, 15) is 0 Å². The van der Waals surface area contributed by atoms with Crippen LogP contribution >= 0.6 is 22.2 Å². The highest BCUT2D eigenvalue weighted by Crippen LogP contribution is 2.21. The van der Waals surface area contributed by atoms with Crippen molar-refractivity contribution in [1.29, 1.82) is 0 Å². The molecule has 0 aliphatic rings. The third kappa shape index (κ3) is 3.94. The molecule has 0 spiro atoms. The Kier molecular flexibility index (Phi) is 4.66.